The van der Waals surface area contributed by atoms with Gasteiger partial charge in [-0.3, -0.25) is 14.5 Å². The fraction of sp³-hybridized carbons (Fsp3) is 0.214. The lowest BCUT2D eigenvalue weighted by atomic mass is 10.0. The van der Waals surface area contributed by atoms with Gasteiger partial charge in [0, 0.05) is 24.0 Å². The molecule has 7 nitrogen and oxygen atoms in total. The van der Waals surface area contributed by atoms with E-state index in [9.17, 15) is 9.59 Å². The molecular formula is C28H29N5O2S. The lowest BCUT2D eigenvalue weighted by molar-refractivity contribution is -0.115. The van der Waals surface area contributed by atoms with Crippen molar-refractivity contribution in [3.63, 3.8) is 0 Å². The smallest absolute Gasteiger partial charge is 0.251 e. The zero-order chi connectivity index (χ0) is 25.5. The van der Waals surface area contributed by atoms with E-state index < -0.39 is 0 Å². The minimum absolute atomic E-state index is 0.0697. The number of nitrogens with one attached hydrogen (secondary N) is 1. The fourth-order valence-electron chi connectivity index (χ4n) is 3.85. The highest BCUT2D eigenvalue weighted by molar-refractivity contribution is 7.99. The summed E-state index contributed by atoms with van der Waals surface area (Å²) in [6, 6.07) is 27.9. The van der Waals surface area contributed by atoms with Crippen LogP contribution >= 0.6 is 11.8 Å². The maximum atomic E-state index is 13.4. The predicted molar refractivity (Wildman–Crippen MR) is 143 cm³/mol. The van der Waals surface area contributed by atoms with E-state index in [1.165, 1.54) is 11.8 Å². The number of hydrogen-bond acceptors (Lipinski definition) is 5. The third kappa shape index (κ3) is 5.83. The second-order valence-electron chi connectivity index (χ2n) is 8.65. The Kier molecular flexibility index (Phi) is 8.17. The third-order valence-electron chi connectivity index (χ3n) is 5.74. The molecule has 0 bridgehead atoms. The topological polar surface area (TPSA) is 80.1 Å². The van der Waals surface area contributed by atoms with Gasteiger partial charge >= 0.3 is 0 Å². The number of carbonyl (C=O) groups is 2. The number of benzene rings is 3. The summed E-state index contributed by atoms with van der Waals surface area (Å²) in [5.41, 5.74) is 2.19. The molecule has 0 radical (unpaired) electrons. The highest BCUT2D eigenvalue weighted by atomic mass is 32.2. The number of hydrogen-bond donors (Lipinski definition) is 1. The second kappa shape index (κ2) is 11.7. The van der Waals surface area contributed by atoms with Gasteiger partial charge in [-0.2, -0.15) is 0 Å². The molecule has 0 aliphatic carbocycles. The van der Waals surface area contributed by atoms with Crippen LogP contribution in [0, 0.1) is 5.92 Å². The van der Waals surface area contributed by atoms with E-state index >= 15 is 0 Å². The Labute approximate surface area is 215 Å². The summed E-state index contributed by atoms with van der Waals surface area (Å²) in [4.78, 5) is 27.9. The van der Waals surface area contributed by atoms with Gasteiger partial charge < -0.3 is 9.88 Å². The normalized spacial score (nSPS) is 11.8. The first-order valence-corrected chi connectivity index (χ1v) is 12.8. The first-order valence-electron chi connectivity index (χ1n) is 11.8. The molecule has 1 atom stereocenters. The third-order valence-corrected chi connectivity index (χ3v) is 6.74. The van der Waals surface area contributed by atoms with Crippen molar-refractivity contribution in [3.05, 3.63) is 102 Å². The van der Waals surface area contributed by atoms with Gasteiger partial charge in [0.05, 0.1) is 11.8 Å². The minimum atomic E-state index is -0.328. The Bertz CT molecular complexity index is 1250. The number of para-hydroxylation sites is 2. The fourth-order valence-corrected chi connectivity index (χ4v) is 4.62. The molecule has 0 spiro atoms. The number of rotatable bonds is 9. The second-order valence-corrected chi connectivity index (χ2v) is 9.59. The molecule has 4 rings (SSSR count). The summed E-state index contributed by atoms with van der Waals surface area (Å²) in [5, 5.41) is 12.4. The van der Waals surface area contributed by atoms with Gasteiger partial charge in [-0.25, -0.2) is 0 Å². The van der Waals surface area contributed by atoms with E-state index in [1.807, 2.05) is 104 Å². The first-order chi connectivity index (χ1) is 17.5. The number of thioether (sulfide) groups is 1. The summed E-state index contributed by atoms with van der Waals surface area (Å²) < 4.78 is 1.85. The molecule has 36 heavy (non-hydrogen) atoms. The van der Waals surface area contributed by atoms with Gasteiger partial charge in [0.15, 0.2) is 11.0 Å². The molecule has 0 fully saturated rings. The van der Waals surface area contributed by atoms with Crippen LogP contribution in [0.4, 0.5) is 11.4 Å². The molecule has 0 aliphatic rings. The summed E-state index contributed by atoms with van der Waals surface area (Å²) in [6.07, 6.45) is 0. The number of carbonyl (C=O) groups excluding carboxylic acids is 2. The zero-order valence-electron chi connectivity index (χ0n) is 20.5. The molecular weight excluding hydrogens is 470 g/mol. The van der Waals surface area contributed by atoms with Crippen molar-refractivity contribution in [2.24, 2.45) is 13.0 Å². The molecule has 1 heterocycles. The van der Waals surface area contributed by atoms with Gasteiger partial charge in [0.25, 0.3) is 5.91 Å². The molecule has 1 aromatic heterocycles. The highest BCUT2D eigenvalue weighted by Crippen LogP contribution is 2.28. The van der Waals surface area contributed by atoms with Crippen molar-refractivity contribution in [2.45, 2.75) is 25.0 Å². The lowest BCUT2D eigenvalue weighted by Crippen LogP contribution is -2.33. The zero-order valence-corrected chi connectivity index (χ0v) is 21.4. The van der Waals surface area contributed by atoms with Crippen LogP contribution in [0.5, 0.6) is 0 Å². The van der Waals surface area contributed by atoms with Crippen LogP contribution in [-0.4, -0.2) is 32.3 Å². The maximum absolute atomic E-state index is 13.4. The average molecular weight is 500 g/mol. The van der Waals surface area contributed by atoms with Crippen LogP contribution < -0.4 is 10.2 Å². The predicted octanol–water partition coefficient (Wildman–Crippen LogP) is 5.40. The molecule has 0 aliphatic heterocycles. The van der Waals surface area contributed by atoms with Gasteiger partial charge in [0.2, 0.25) is 5.91 Å². The van der Waals surface area contributed by atoms with Crippen molar-refractivity contribution in [2.75, 3.05) is 10.7 Å². The monoisotopic (exact) mass is 499 g/mol. The van der Waals surface area contributed by atoms with Gasteiger partial charge in [-0.1, -0.05) is 80.2 Å². The average Bonchev–Trinajstić information content (AvgIpc) is 3.27. The van der Waals surface area contributed by atoms with Crippen LogP contribution in [0.3, 0.4) is 0 Å². The maximum Gasteiger partial charge on any atom is 0.251 e. The molecule has 2 amide bonds. The van der Waals surface area contributed by atoms with Crippen LogP contribution in [0.1, 0.15) is 36.1 Å². The van der Waals surface area contributed by atoms with Crippen LogP contribution in [0.15, 0.2) is 96.2 Å². The summed E-state index contributed by atoms with van der Waals surface area (Å²) >= 11 is 1.32. The number of anilines is 2. The van der Waals surface area contributed by atoms with E-state index in [0.717, 1.165) is 11.4 Å². The molecule has 0 unspecified atom stereocenters. The molecule has 1 N–H and O–H groups in total. The van der Waals surface area contributed by atoms with Crippen molar-refractivity contribution in [1.82, 2.24) is 20.1 Å². The first kappa shape index (κ1) is 25.2. The summed E-state index contributed by atoms with van der Waals surface area (Å²) in [7, 11) is 1.86. The molecule has 0 saturated carbocycles. The van der Waals surface area contributed by atoms with Gasteiger partial charge in [-0.15, -0.1) is 10.2 Å². The highest BCUT2D eigenvalue weighted by Gasteiger charge is 2.26. The summed E-state index contributed by atoms with van der Waals surface area (Å²) in [6.45, 7) is 4.05. The van der Waals surface area contributed by atoms with Crippen LogP contribution in [0.25, 0.3) is 0 Å². The quantitative estimate of drug-likeness (QED) is 0.312. The largest absolute Gasteiger partial charge is 0.342 e. The van der Waals surface area contributed by atoms with E-state index in [1.54, 1.807) is 17.0 Å². The van der Waals surface area contributed by atoms with Gasteiger partial charge in [-0.05, 0) is 42.3 Å². The molecule has 4 aromatic rings. The molecule has 184 valence electrons. The van der Waals surface area contributed by atoms with Crippen molar-refractivity contribution in [1.29, 1.82) is 0 Å². The lowest BCUT2D eigenvalue weighted by Gasteiger charge is -2.23. The van der Waals surface area contributed by atoms with Crippen LogP contribution in [-0.2, 0) is 11.8 Å². The van der Waals surface area contributed by atoms with Crippen molar-refractivity contribution < 1.29 is 9.59 Å². The Morgan fingerprint density at radius 1 is 0.861 bits per heavy atom. The Balaban J connectivity index is 1.50. The molecule has 0 saturated heterocycles. The molecule has 3 aromatic carbocycles. The SMILES string of the molecule is CC(C)[C@@H](NC(=O)c1ccccc1)c1nnc(SCC(=O)N(c2ccccc2)c2ccccc2)n1C. The minimum Gasteiger partial charge on any atom is -0.342 e. The Morgan fingerprint density at radius 2 is 1.39 bits per heavy atom. The van der Waals surface area contributed by atoms with E-state index in [-0.39, 0.29) is 29.5 Å². The summed E-state index contributed by atoms with van der Waals surface area (Å²) in [5.74, 6) is 0.681. The van der Waals surface area contributed by atoms with Crippen molar-refractivity contribution in [3.8, 4) is 0 Å². The van der Waals surface area contributed by atoms with Crippen molar-refractivity contribution >= 4 is 35.0 Å². The number of aromatic nitrogens is 3. The van der Waals surface area contributed by atoms with Crippen LogP contribution in [0.2, 0.25) is 0 Å². The van der Waals surface area contributed by atoms with E-state index in [2.05, 4.69) is 15.5 Å². The van der Waals surface area contributed by atoms with Gasteiger partial charge in [0.1, 0.15) is 0 Å². The standard InChI is InChI=1S/C28H29N5O2S/c1-20(2)25(29-27(35)21-13-7-4-8-14-21)26-30-31-28(32(26)3)36-19-24(34)33(22-15-9-5-10-16-22)23-17-11-6-12-18-23/h4-18,20,25H,19H2,1-3H3,(H,29,35)/t25-/m1/s1. The van der Waals surface area contributed by atoms with E-state index in [4.69, 9.17) is 0 Å². The molecule has 8 heteroatoms. The Hall–Kier alpha value is -3.91. The van der Waals surface area contributed by atoms with E-state index in [0.29, 0.717) is 16.5 Å². The number of amides is 2. The Morgan fingerprint density at radius 3 is 1.92 bits per heavy atom. The number of nitrogens with zero attached hydrogens (tertiary/aromatic N) is 4.